The molecule has 1 saturated heterocycles. The number of hydrogen-bond donors (Lipinski definition) is 1. The Bertz CT molecular complexity index is 1170. The van der Waals surface area contributed by atoms with Gasteiger partial charge in [0.25, 0.3) is 5.91 Å². The summed E-state index contributed by atoms with van der Waals surface area (Å²) in [7, 11) is 0. The zero-order chi connectivity index (χ0) is 22.5. The summed E-state index contributed by atoms with van der Waals surface area (Å²) in [5.74, 6) is 0.187. The highest BCUT2D eigenvalue weighted by atomic mass is 79.9. The van der Waals surface area contributed by atoms with Crippen molar-refractivity contribution in [1.82, 2.24) is 10.3 Å². The van der Waals surface area contributed by atoms with Gasteiger partial charge in [0.2, 0.25) is 0 Å². The Labute approximate surface area is 200 Å². The molecule has 0 radical (unpaired) electrons. The van der Waals surface area contributed by atoms with Crippen molar-refractivity contribution in [3.63, 3.8) is 0 Å². The minimum Gasteiger partial charge on any atom is -0.483 e. The molecule has 2 aromatic carbocycles. The molecule has 3 aromatic rings. The maximum atomic E-state index is 12.3. The van der Waals surface area contributed by atoms with Gasteiger partial charge in [-0.2, -0.15) is 5.10 Å². The quantitative estimate of drug-likeness (QED) is 0.361. The van der Waals surface area contributed by atoms with E-state index in [-0.39, 0.29) is 18.3 Å². The molecule has 0 unspecified atom stereocenters. The summed E-state index contributed by atoms with van der Waals surface area (Å²) in [5.41, 5.74) is 3.80. The summed E-state index contributed by atoms with van der Waals surface area (Å²) in [6.45, 7) is 2.21. The molecule has 0 atom stereocenters. The molecule has 1 aliphatic rings. The van der Waals surface area contributed by atoms with E-state index >= 15 is 0 Å². The number of hydrogen-bond acceptors (Lipinski definition) is 6. The second kappa shape index (κ2) is 10.3. The molecule has 2 heterocycles. The van der Waals surface area contributed by atoms with E-state index in [0.29, 0.717) is 42.1 Å². The SMILES string of the molecule is O=C(N/N=C/c1ccc(OCC(=O)N2CCOCC2)c(Br)c1)c1cc2cc(Br)ccc2o1. The van der Waals surface area contributed by atoms with Crippen LogP contribution in [0.1, 0.15) is 16.1 Å². The third kappa shape index (κ3) is 5.56. The highest BCUT2D eigenvalue weighted by Gasteiger charge is 2.17. The average Bonchev–Trinajstić information content (AvgIpc) is 3.22. The van der Waals surface area contributed by atoms with E-state index in [1.54, 1.807) is 35.2 Å². The largest absolute Gasteiger partial charge is 0.483 e. The van der Waals surface area contributed by atoms with Crippen molar-refractivity contribution >= 4 is 60.9 Å². The van der Waals surface area contributed by atoms with Crippen LogP contribution >= 0.6 is 31.9 Å². The van der Waals surface area contributed by atoms with Gasteiger partial charge in [-0.15, -0.1) is 0 Å². The molecule has 166 valence electrons. The fourth-order valence-electron chi connectivity index (χ4n) is 3.10. The number of rotatable bonds is 6. The first-order valence-electron chi connectivity index (χ1n) is 9.80. The third-order valence-corrected chi connectivity index (χ3v) is 5.87. The predicted octanol–water partition coefficient (Wildman–Crippen LogP) is 3.96. The van der Waals surface area contributed by atoms with Crippen LogP contribution in [0.2, 0.25) is 0 Å². The first kappa shape index (κ1) is 22.5. The molecule has 1 aromatic heterocycles. The van der Waals surface area contributed by atoms with Crippen molar-refractivity contribution in [2.24, 2.45) is 5.10 Å². The van der Waals surface area contributed by atoms with Gasteiger partial charge in [-0.3, -0.25) is 9.59 Å². The Kier molecular flexibility index (Phi) is 7.23. The van der Waals surface area contributed by atoms with Crippen molar-refractivity contribution in [2.75, 3.05) is 32.9 Å². The number of amides is 2. The van der Waals surface area contributed by atoms with Crippen molar-refractivity contribution in [2.45, 2.75) is 0 Å². The van der Waals surface area contributed by atoms with Crippen LogP contribution in [0.25, 0.3) is 11.0 Å². The van der Waals surface area contributed by atoms with Crippen molar-refractivity contribution < 1.29 is 23.5 Å². The number of furan rings is 1. The molecular formula is C22H19Br2N3O5. The van der Waals surface area contributed by atoms with Crippen molar-refractivity contribution in [3.05, 3.63) is 62.7 Å². The van der Waals surface area contributed by atoms with Crippen molar-refractivity contribution in [1.29, 1.82) is 0 Å². The Balaban J connectivity index is 1.32. The molecule has 0 spiro atoms. The van der Waals surface area contributed by atoms with Gasteiger partial charge < -0.3 is 18.8 Å². The lowest BCUT2D eigenvalue weighted by Gasteiger charge is -2.26. The molecule has 1 fully saturated rings. The standard InChI is InChI=1S/C22H19Br2N3O5/c23-16-2-4-18-15(10-16)11-20(32-18)22(29)26-25-12-14-1-3-19(17(24)9-14)31-13-21(28)27-5-7-30-8-6-27/h1-4,9-12H,5-8,13H2,(H,26,29)/b25-12+. The second-order valence-electron chi connectivity index (χ2n) is 6.96. The molecule has 1 aliphatic heterocycles. The Morgan fingerprint density at radius 2 is 1.94 bits per heavy atom. The zero-order valence-corrected chi connectivity index (χ0v) is 20.0. The minimum atomic E-state index is -0.450. The molecule has 4 rings (SSSR count). The van der Waals surface area contributed by atoms with Gasteiger partial charge in [0.1, 0.15) is 11.3 Å². The molecule has 32 heavy (non-hydrogen) atoms. The van der Waals surface area contributed by atoms with E-state index < -0.39 is 5.91 Å². The van der Waals surface area contributed by atoms with E-state index in [1.807, 2.05) is 12.1 Å². The van der Waals surface area contributed by atoms with Crippen molar-refractivity contribution in [3.8, 4) is 5.75 Å². The number of halogens is 2. The van der Waals surface area contributed by atoms with E-state index in [1.165, 1.54) is 6.21 Å². The van der Waals surface area contributed by atoms with Crippen LogP contribution in [0.15, 0.2) is 60.9 Å². The number of fused-ring (bicyclic) bond motifs is 1. The number of morpholine rings is 1. The summed E-state index contributed by atoms with van der Waals surface area (Å²) in [6, 6.07) is 12.4. The summed E-state index contributed by atoms with van der Waals surface area (Å²) in [6.07, 6.45) is 1.50. The van der Waals surface area contributed by atoms with Gasteiger partial charge in [-0.1, -0.05) is 15.9 Å². The highest BCUT2D eigenvalue weighted by Crippen LogP contribution is 2.26. The summed E-state index contributed by atoms with van der Waals surface area (Å²) >= 11 is 6.83. The van der Waals surface area contributed by atoms with Gasteiger partial charge in [0.15, 0.2) is 12.4 Å². The third-order valence-electron chi connectivity index (χ3n) is 4.75. The van der Waals surface area contributed by atoms with E-state index in [4.69, 9.17) is 13.9 Å². The van der Waals surface area contributed by atoms with Crippen LogP contribution in [0.5, 0.6) is 5.75 Å². The Morgan fingerprint density at radius 3 is 2.72 bits per heavy atom. The van der Waals surface area contributed by atoms with Crippen LogP contribution in [0.4, 0.5) is 0 Å². The monoisotopic (exact) mass is 563 g/mol. The fourth-order valence-corrected chi connectivity index (χ4v) is 3.99. The van der Waals surface area contributed by atoms with Gasteiger partial charge in [0.05, 0.1) is 23.9 Å². The summed E-state index contributed by atoms with van der Waals surface area (Å²) in [5, 5.41) is 4.80. The lowest BCUT2D eigenvalue weighted by atomic mass is 10.2. The van der Waals surface area contributed by atoms with E-state index in [0.717, 1.165) is 15.4 Å². The van der Waals surface area contributed by atoms with E-state index in [2.05, 4.69) is 42.4 Å². The van der Waals surface area contributed by atoms with E-state index in [9.17, 15) is 9.59 Å². The van der Waals surface area contributed by atoms with Crippen LogP contribution in [-0.2, 0) is 9.53 Å². The maximum absolute atomic E-state index is 12.3. The number of benzene rings is 2. The Morgan fingerprint density at radius 1 is 1.12 bits per heavy atom. The Hall–Kier alpha value is -2.69. The van der Waals surface area contributed by atoms with Gasteiger partial charge in [-0.25, -0.2) is 5.43 Å². The van der Waals surface area contributed by atoms with Crippen LogP contribution in [-0.4, -0.2) is 55.8 Å². The molecule has 1 N–H and O–H groups in total. The maximum Gasteiger partial charge on any atom is 0.307 e. The summed E-state index contributed by atoms with van der Waals surface area (Å²) in [4.78, 5) is 26.2. The average molecular weight is 565 g/mol. The minimum absolute atomic E-state index is 0.0455. The molecule has 0 saturated carbocycles. The first-order valence-corrected chi connectivity index (χ1v) is 11.4. The lowest BCUT2D eigenvalue weighted by molar-refractivity contribution is -0.137. The molecule has 10 heteroatoms. The van der Waals surface area contributed by atoms with Crippen LogP contribution < -0.4 is 10.2 Å². The normalized spacial score (nSPS) is 14.1. The molecule has 2 amide bonds. The molecular weight excluding hydrogens is 546 g/mol. The topological polar surface area (TPSA) is 93.4 Å². The predicted molar refractivity (Wildman–Crippen MR) is 126 cm³/mol. The van der Waals surface area contributed by atoms with Crippen LogP contribution in [0, 0.1) is 0 Å². The highest BCUT2D eigenvalue weighted by molar-refractivity contribution is 9.10. The fraction of sp³-hybridized carbons (Fsp3) is 0.227. The van der Waals surface area contributed by atoms with Gasteiger partial charge in [-0.05, 0) is 64.0 Å². The second-order valence-corrected chi connectivity index (χ2v) is 8.73. The van der Waals surface area contributed by atoms with Gasteiger partial charge >= 0.3 is 5.91 Å². The lowest BCUT2D eigenvalue weighted by Crippen LogP contribution is -2.43. The number of carbonyl (C=O) groups excluding carboxylic acids is 2. The smallest absolute Gasteiger partial charge is 0.307 e. The number of ether oxygens (including phenoxy) is 2. The first-order chi connectivity index (χ1) is 15.5. The number of nitrogens with one attached hydrogen (secondary N) is 1. The molecule has 0 aliphatic carbocycles. The number of carbonyl (C=O) groups is 2. The van der Waals surface area contributed by atoms with Gasteiger partial charge in [0, 0.05) is 22.9 Å². The molecule has 8 nitrogen and oxygen atoms in total. The van der Waals surface area contributed by atoms with Crippen LogP contribution in [0.3, 0.4) is 0 Å². The zero-order valence-electron chi connectivity index (χ0n) is 16.8. The number of nitrogens with zero attached hydrogens (tertiary/aromatic N) is 2. The number of hydrazone groups is 1. The molecule has 0 bridgehead atoms. The summed E-state index contributed by atoms with van der Waals surface area (Å²) < 4.78 is 18.0.